The van der Waals surface area contributed by atoms with Gasteiger partial charge in [-0.25, -0.2) is 0 Å². The Morgan fingerprint density at radius 1 is 1.09 bits per heavy atom. The number of carbonyl (C=O) groups is 1. The Hall–Kier alpha value is -3.08. The highest BCUT2D eigenvalue weighted by molar-refractivity contribution is 5.92. The van der Waals surface area contributed by atoms with Crippen molar-refractivity contribution in [3.63, 3.8) is 0 Å². The number of nitrogen functional groups attached to an aromatic ring is 1. The summed E-state index contributed by atoms with van der Waals surface area (Å²) >= 11 is 0. The highest BCUT2D eigenvalue weighted by Gasteiger charge is 2.06. The standard InChI is InChI=1S/C17H15N3O2/c18-12-2-8-16-11(9-12)1-3-14(19-16)10-17(22)20-13-4-6-15(21)7-5-13/h1-9,21H,10,18H2,(H,20,22). The zero-order chi connectivity index (χ0) is 15.5. The molecule has 0 aliphatic carbocycles. The second-order valence-electron chi connectivity index (χ2n) is 5.03. The van der Waals surface area contributed by atoms with Gasteiger partial charge < -0.3 is 16.2 Å². The van der Waals surface area contributed by atoms with E-state index in [4.69, 9.17) is 5.73 Å². The monoisotopic (exact) mass is 293 g/mol. The van der Waals surface area contributed by atoms with Crippen LogP contribution >= 0.6 is 0 Å². The summed E-state index contributed by atoms with van der Waals surface area (Å²) < 4.78 is 0. The van der Waals surface area contributed by atoms with E-state index in [9.17, 15) is 9.90 Å². The molecule has 0 bridgehead atoms. The van der Waals surface area contributed by atoms with Crippen molar-refractivity contribution in [2.24, 2.45) is 0 Å². The molecule has 0 unspecified atom stereocenters. The molecule has 1 aromatic heterocycles. The van der Waals surface area contributed by atoms with Gasteiger partial charge in [0, 0.05) is 16.8 Å². The second-order valence-corrected chi connectivity index (χ2v) is 5.03. The van der Waals surface area contributed by atoms with E-state index in [1.807, 2.05) is 24.3 Å². The van der Waals surface area contributed by atoms with E-state index in [1.54, 1.807) is 18.2 Å². The van der Waals surface area contributed by atoms with Crippen LogP contribution in [-0.4, -0.2) is 16.0 Å². The molecule has 5 nitrogen and oxygen atoms in total. The topological polar surface area (TPSA) is 88.2 Å². The van der Waals surface area contributed by atoms with Crippen molar-refractivity contribution < 1.29 is 9.90 Å². The van der Waals surface area contributed by atoms with Crippen LogP contribution in [0.4, 0.5) is 11.4 Å². The van der Waals surface area contributed by atoms with Crippen molar-refractivity contribution in [2.75, 3.05) is 11.1 Å². The molecule has 0 aliphatic rings. The largest absolute Gasteiger partial charge is 0.508 e. The fourth-order valence-electron chi connectivity index (χ4n) is 2.20. The highest BCUT2D eigenvalue weighted by atomic mass is 16.3. The first-order valence-corrected chi connectivity index (χ1v) is 6.84. The summed E-state index contributed by atoms with van der Waals surface area (Å²) in [5.41, 5.74) is 8.55. The number of pyridine rings is 1. The molecule has 2 aromatic carbocycles. The third kappa shape index (κ3) is 3.15. The number of aromatic nitrogens is 1. The number of carbonyl (C=O) groups excluding carboxylic acids is 1. The summed E-state index contributed by atoms with van der Waals surface area (Å²) in [6.07, 6.45) is 0.182. The van der Waals surface area contributed by atoms with E-state index < -0.39 is 0 Å². The molecule has 3 rings (SSSR count). The van der Waals surface area contributed by atoms with Crippen LogP contribution in [0.25, 0.3) is 10.9 Å². The summed E-state index contributed by atoms with van der Waals surface area (Å²) in [7, 11) is 0. The third-order valence-electron chi connectivity index (χ3n) is 3.26. The van der Waals surface area contributed by atoms with Gasteiger partial charge in [-0.1, -0.05) is 6.07 Å². The number of hydrogen-bond donors (Lipinski definition) is 3. The quantitative estimate of drug-likeness (QED) is 0.512. The minimum atomic E-state index is -0.159. The summed E-state index contributed by atoms with van der Waals surface area (Å²) in [5.74, 6) is 0.00135. The van der Waals surface area contributed by atoms with E-state index in [2.05, 4.69) is 10.3 Å². The lowest BCUT2D eigenvalue weighted by Gasteiger charge is -2.06. The van der Waals surface area contributed by atoms with Crippen molar-refractivity contribution in [1.29, 1.82) is 0 Å². The van der Waals surface area contributed by atoms with Gasteiger partial charge in [0.15, 0.2) is 0 Å². The average Bonchev–Trinajstić information content (AvgIpc) is 2.50. The molecule has 0 radical (unpaired) electrons. The van der Waals surface area contributed by atoms with Gasteiger partial charge in [-0.3, -0.25) is 9.78 Å². The maximum atomic E-state index is 12.0. The average molecular weight is 293 g/mol. The minimum absolute atomic E-state index is 0.159. The predicted molar refractivity (Wildman–Crippen MR) is 86.6 cm³/mol. The second kappa shape index (κ2) is 5.73. The lowest BCUT2D eigenvalue weighted by atomic mass is 10.1. The number of benzene rings is 2. The molecule has 110 valence electrons. The molecule has 0 spiro atoms. The van der Waals surface area contributed by atoms with Crippen LogP contribution in [0.15, 0.2) is 54.6 Å². The number of aromatic hydroxyl groups is 1. The summed E-state index contributed by atoms with van der Waals surface area (Å²) in [5, 5.41) is 12.9. The third-order valence-corrected chi connectivity index (χ3v) is 3.26. The fourth-order valence-corrected chi connectivity index (χ4v) is 2.20. The Morgan fingerprint density at radius 3 is 2.64 bits per heavy atom. The Morgan fingerprint density at radius 2 is 1.86 bits per heavy atom. The Bertz CT molecular complexity index is 829. The normalized spacial score (nSPS) is 10.5. The Balaban J connectivity index is 1.73. The van der Waals surface area contributed by atoms with Crippen LogP contribution in [0.3, 0.4) is 0 Å². The first kappa shape index (κ1) is 13.9. The Kier molecular flexibility index (Phi) is 3.62. The molecule has 5 heteroatoms. The number of rotatable bonds is 3. The first-order valence-electron chi connectivity index (χ1n) is 6.84. The number of anilines is 2. The molecule has 22 heavy (non-hydrogen) atoms. The van der Waals surface area contributed by atoms with Gasteiger partial charge in [0.2, 0.25) is 5.91 Å². The lowest BCUT2D eigenvalue weighted by Crippen LogP contribution is -2.15. The van der Waals surface area contributed by atoms with Crippen LogP contribution in [0.1, 0.15) is 5.69 Å². The van der Waals surface area contributed by atoms with Gasteiger partial charge in [0.05, 0.1) is 17.6 Å². The van der Waals surface area contributed by atoms with Crippen molar-refractivity contribution in [3.05, 3.63) is 60.3 Å². The lowest BCUT2D eigenvalue weighted by molar-refractivity contribution is -0.115. The van der Waals surface area contributed by atoms with Gasteiger partial charge in [-0.05, 0) is 48.5 Å². The molecule has 0 saturated heterocycles. The van der Waals surface area contributed by atoms with Gasteiger partial charge in [-0.15, -0.1) is 0 Å². The molecule has 0 atom stereocenters. The summed E-state index contributed by atoms with van der Waals surface area (Å²) in [6, 6.07) is 15.5. The number of nitrogens with one attached hydrogen (secondary N) is 1. The highest BCUT2D eigenvalue weighted by Crippen LogP contribution is 2.17. The fraction of sp³-hybridized carbons (Fsp3) is 0.0588. The van der Waals surface area contributed by atoms with Gasteiger partial charge in [0.1, 0.15) is 5.75 Å². The van der Waals surface area contributed by atoms with Crippen molar-refractivity contribution in [3.8, 4) is 5.75 Å². The molecule has 0 saturated carbocycles. The van der Waals surface area contributed by atoms with Gasteiger partial charge >= 0.3 is 0 Å². The van der Waals surface area contributed by atoms with E-state index >= 15 is 0 Å². The SMILES string of the molecule is Nc1ccc2nc(CC(=O)Nc3ccc(O)cc3)ccc2c1. The smallest absolute Gasteiger partial charge is 0.230 e. The summed E-state index contributed by atoms with van der Waals surface area (Å²) in [6.45, 7) is 0. The first-order chi connectivity index (χ1) is 10.6. The molecular weight excluding hydrogens is 278 g/mol. The molecule has 1 heterocycles. The molecule has 0 fully saturated rings. The van der Waals surface area contributed by atoms with Crippen LogP contribution in [0, 0.1) is 0 Å². The van der Waals surface area contributed by atoms with Crippen molar-refractivity contribution in [1.82, 2.24) is 4.98 Å². The number of hydrogen-bond acceptors (Lipinski definition) is 4. The number of nitrogens with zero attached hydrogens (tertiary/aromatic N) is 1. The maximum Gasteiger partial charge on any atom is 0.230 e. The molecule has 1 amide bonds. The molecule has 0 aliphatic heterocycles. The van der Waals surface area contributed by atoms with Gasteiger partial charge in [0.25, 0.3) is 0 Å². The summed E-state index contributed by atoms with van der Waals surface area (Å²) in [4.78, 5) is 16.5. The van der Waals surface area contributed by atoms with Crippen LogP contribution in [0.2, 0.25) is 0 Å². The number of amides is 1. The Labute approximate surface area is 127 Å². The number of fused-ring (bicyclic) bond motifs is 1. The maximum absolute atomic E-state index is 12.0. The van der Waals surface area contributed by atoms with E-state index in [0.29, 0.717) is 17.1 Å². The predicted octanol–water partition coefficient (Wildman–Crippen LogP) is 2.70. The zero-order valence-corrected chi connectivity index (χ0v) is 11.8. The molecule has 3 aromatic rings. The van der Waals surface area contributed by atoms with E-state index in [-0.39, 0.29) is 18.1 Å². The number of nitrogens with two attached hydrogens (primary N) is 1. The van der Waals surface area contributed by atoms with E-state index in [0.717, 1.165) is 10.9 Å². The molecule has 4 N–H and O–H groups in total. The van der Waals surface area contributed by atoms with Crippen molar-refractivity contribution >= 4 is 28.2 Å². The number of phenols is 1. The number of phenolic OH excluding ortho intramolecular Hbond substituents is 1. The van der Waals surface area contributed by atoms with Crippen LogP contribution in [-0.2, 0) is 11.2 Å². The van der Waals surface area contributed by atoms with Crippen LogP contribution < -0.4 is 11.1 Å². The van der Waals surface area contributed by atoms with E-state index in [1.165, 1.54) is 12.1 Å². The zero-order valence-electron chi connectivity index (χ0n) is 11.8. The van der Waals surface area contributed by atoms with Crippen LogP contribution in [0.5, 0.6) is 5.75 Å². The van der Waals surface area contributed by atoms with Crippen molar-refractivity contribution in [2.45, 2.75) is 6.42 Å². The molecular formula is C17H15N3O2. The minimum Gasteiger partial charge on any atom is -0.508 e. The van der Waals surface area contributed by atoms with Gasteiger partial charge in [-0.2, -0.15) is 0 Å².